The molecule has 4 nitrogen and oxygen atoms in total. The molecular weight excluding hydrogens is 716 g/mol. The van der Waals surface area contributed by atoms with Gasteiger partial charge in [-0.3, -0.25) is 0 Å². The maximum absolute atomic E-state index is 6.48. The van der Waals surface area contributed by atoms with Gasteiger partial charge in [0.05, 0.1) is 10.2 Å². The number of benzene rings is 6. The summed E-state index contributed by atoms with van der Waals surface area (Å²) in [5.41, 5.74) is 15.2. The molecule has 5 heteroatoms. The van der Waals surface area contributed by atoms with E-state index in [1.165, 1.54) is 96.9 Å². The van der Waals surface area contributed by atoms with Crippen LogP contribution < -0.4 is 11.1 Å². The Labute approximate surface area is 320 Å². The van der Waals surface area contributed by atoms with Gasteiger partial charge in [-0.15, -0.1) is 0 Å². The number of para-hydroxylation sites is 6. The summed E-state index contributed by atoms with van der Waals surface area (Å²) in [6.07, 6.45) is 13.3. The van der Waals surface area contributed by atoms with Gasteiger partial charge in [0, 0.05) is 32.9 Å². The first-order chi connectivity index (χ1) is 26.1. The van der Waals surface area contributed by atoms with Crippen molar-refractivity contribution in [1.82, 2.24) is 0 Å². The molecule has 10 rings (SSSR count). The molecule has 3 N–H and O–H groups in total. The van der Waals surface area contributed by atoms with Gasteiger partial charge in [0.25, 0.3) is 0 Å². The van der Waals surface area contributed by atoms with Gasteiger partial charge in [-0.25, -0.2) is 0 Å². The Balaban J connectivity index is 0.000000131. The second-order valence-electron chi connectivity index (χ2n) is 14.5. The molecule has 8 aromatic rings. The third kappa shape index (κ3) is 7.72. The van der Waals surface area contributed by atoms with Crippen LogP contribution in [0, 0.1) is 0 Å². The predicted molar refractivity (Wildman–Crippen MR) is 227 cm³/mol. The molecule has 0 radical (unpaired) electrons. The first-order valence-electron chi connectivity index (χ1n) is 19.3. The van der Waals surface area contributed by atoms with Crippen LogP contribution in [0.1, 0.15) is 87.2 Å². The normalized spacial score (nSPS) is 15.2. The average molecular weight is 764 g/mol. The number of rotatable bonds is 4. The Morgan fingerprint density at radius 3 is 1.43 bits per heavy atom. The summed E-state index contributed by atoms with van der Waals surface area (Å²) in [5, 5.41) is 8.41. The molecule has 2 aliphatic carbocycles. The number of hydrogen-bond acceptors (Lipinski definition) is 4. The van der Waals surface area contributed by atoms with Crippen molar-refractivity contribution >= 4 is 76.9 Å². The highest BCUT2D eigenvalue weighted by molar-refractivity contribution is 9.10. The fraction of sp³-hybridized carbons (Fsp3) is 0.250. The van der Waals surface area contributed by atoms with Crippen molar-refractivity contribution in [3.63, 3.8) is 0 Å². The lowest BCUT2D eigenvalue weighted by atomic mass is 9.83. The van der Waals surface area contributed by atoms with Gasteiger partial charge in [-0.2, -0.15) is 0 Å². The molecule has 53 heavy (non-hydrogen) atoms. The van der Waals surface area contributed by atoms with E-state index in [1.807, 2.05) is 54.6 Å². The van der Waals surface area contributed by atoms with Gasteiger partial charge in [0.1, 0.15) is 16.7 Å². The SMILES string of the molecule is Brc1cccc2c1oc1c(C3CCCCC3)cccc12.Nc1ccccc1.c1ccc(Nc2cccc3c2oc2c(C4CCCCC4)cccc23)cc1. The van der Waals surface area contributed by atoms with Crippen molar-refractivity contribution in [3.8, 4) is 0 Å². The van der Waals surface area contributed by atoms with E-state index in [-0.39, 0.29) is 0 Å². The summed E-state index contributed by atoms with van der Waals surface area (Å²) in [7, 11) is 0. The minimum Gasteiger partial charge on any atom is -0.455 e. The molecule has 268 valence electrons. The maximum Gasteiger partial charge on any atom is 0.158 e. The third-order valence-corrected chi connectivity index (χ3v) is 11.6. The van der Waals surface area contributed by atoms with Crippen molar-refractivity contribution in [2.45, 2.75) is 76.0 Å². The predicted octanol–water partition coefficient (Wildman–Crippen LogP) is 15.0. The molecule has 0 unspecified atom stereocenters. The second-order valence-corrected chi connectivity index (χ2v) is 15.4. The molecule has 2 aliphatic rings. The number of halogens is 1. The van der Waals surface area contributed by atoms with Crippen LogP contribution in [0.4, 0.5) is 17.1 Å². The molecule has 2 heterocycles. The zero-order valence-corrected chi connectivity index (χ0v) is 31.8. The summed E-state index contributed by atoms with van der Waals surface area (Å²) >= 11 is 3.60. The Morgan fingerprint density at radius 2 is 0.906 bits per heavy atom. The summed E-state index contributed by atoms with van der Waals surface area (Å²) < 4.78 is 13.7. The monoisotopic (exact) mass is 762 g/mol. The van der Waals surface area contributed by atoms with Gasteiger partial charge in [-0.1, -0.05) is 136 Å². The number of nitrogens with one attached hydrogen (secondary N) is 1. The minimum absolute atomic E-state index is 0.638. The molecule has 2 fully saturated rings. The highest BCUT2D eigenvalue weighted by Crippen LogP contribution is 2.43. The van der Waals surface area contributed by atoms with Gasteiger partial charge in [0.15, 0.2) is 5.58 Å². The molecule has 0 saturated heterocycles. The van der Waals surface area contributed by atoms with Gasteiger partial charge >= 0.3 is 0 Å². The van der Waals surface area contributed by atoms with Crippen LogP contribution in [-0.4, -0.2) is 0 Å². The fourth-order valence-corrected chi connectivity index (χ4v) is 8.80. The van der Waals surface area contributed by atoms with Crippen LogP contribution in [0.25, 0.3) is 43.9 Å². The first kappa shape index (κ1) is 35.1. The minimum atomic E-state index is 0.638. The Bertz CT molecular complexity index is 2420. The van der Waals surface area contributed by atoms with E-state index in [0.717, 1.165) is 43.9 Å². The average Bonchev–Trinajstić information content (AvgIpc) is 3.80. The smallest absolute Gasteiger partial charge is 0.158 e. The number of anilines is 3. The van der Waals surface area contributed by atoms with Crippen LogP contribution in [0.15, 0.2) is 147 Å². The van der Waals surface area contributed by atoms with Crippen molar-refractivity contribution in [1.29, 1.82) is 0 Å². The van der Waals surface area contributed by atoms with Crippen molar-refractivity contribution in [3.05, 3.63) is 149 Å². The Kier molecular flexibility index (Phi) is 10.8. The van der Waals surface area contributed by atoms with Gasteiger partial charge in [-0.05, 0) is 101 Å². The molecule has 6 aromatic carbocycles. The van der Waals surface area contributed by atoms with Crippen LogP contribution in [0.3, 0.4) is 0 Å². The lowest BCUT2D eigenvalue weighted by molar-refractivity contribution is 0.442. The summed E-state index contributed by atoms with van der Waals surface area (Å²) in [6, 6.07) is 45.7. The molecule has 2 saturated carbocycles. The van der Waals surface area contributed by atoms with Crippen LogP contribution in [0.5, 0.6) is 0 Å². The van der Waals surface area contributed by atoms with Gasteiger partial charge < -0.3 is 19.9 Å². The maximum atomic E-state index is 6.48. The van der Waals surface area contributed by atoms with E-state index in [4.69, 9.17) is 14.6 Å². The lowest BCUT2D eigenvalue weighted by Crippen LogP contribution is -2.04. The van der Waals surface area contributed by atoms with Crippen molar-refractivity contribution in [2.75, 3.05) is 11.1 Å². The molecule has 0 aliphatic heterocycles. The lowest BCUT2D eigenvalue weighted by Gasteiger charge is -2.21. The number of nitrogens with two attached hydrogens (primary N) is 1. The largest absolute Gasteiger partial charge is 0.455 e. The molecule has 0 spiro atoms. The van der Waals surface area contributed by atoms with E-state index >= 15 is 0 Å². The molecular formula is C48H47BrN2O2. The van der Waals surface area contributed by atoms with Crippen LogP contribution in [0.2, 0.25) is 0 Å². The molecule has 2 aromatic heterocycles. The number of nitrogen functional groups attached to an aromatic ring is 1. The van der Waals surface area contributed by atoms with E-state index in [9.17, 15) is 0 Å². The van der Waals surface area contributed by atoms with E-state index in [0.29, 0.717) is 11.8 Å². The standard InChI is InChI=1S/C24H23NO.C18H17BrO.C6H7N/c1-3-9-17(10-4-1)19-13-7-14-20-21-15-8-16-22(24(21)26-23(19)20)25-18-11-5-2-6-12-18;19-16-11-5-10-15-14-9-4-8-13(17(14)20-18(15)16)12-6-2-1-3-7-12;7-6-4-2-1-3-5-6/h2,5-8,11-17,25H,1,3-4,9-10H2;4-5,8-12H,1-3,6-7H2;1-5H,7H2. The zero-order chi connectivity index (χ0) is 36.0. The molecule has 0 amide bonds. The Morgan fingerprint density at radius 1 is 0.453 bits per heavy atom. The first-order valence-corrected chi connectivity index (χ1v) is 20.1. The highest BCUT2D eigenvalue weighted by Gasteiger charge is 2.22. The summed E-state index contributed by atoms with van der Waals surface area (Å²) in [6.45, 7) is 0. The van der Waals surface area contributed by atoms with Gasteiger partial charge in [0.2, 0.25) is 0 Å². The fourth-order valence-electron chi connectivity index (χ4n) is 8.35. The van der Waals surface area contributed by atoms with Crippen LogP contribution in [-0.2, 0) is 0 Å². The topological polar surface area (TPSA) is 64.3 Å². The Hall–Kier alpha value is -5.00. The van der Waals surface area contributed by atoms with E-state index < -0.39 is 0 Å². The van der Waals surface area contributed by atoms with Crippen molar-refractivity contribution < 1.29 is 8.83 Å². The number of fused-ring (bicyclic) bond motifs is 6. The zero-order valence-electron chi connectivity index (χ0n) is 30.2. The van der Waals surface area contributed by atoms with Crippen molar-refractivity contribution in [2.24, 2.45) is 0 Å². The number of furan rings is 2. The van der Waals surface area contributed by atoms with E-state index in [2.05, 4.69) is 100 Å². The summed E-state index contributed by atoms with van der Waals surface area (Å²) in [4.78, 5) is 0. The molecule has 0 bridgehead atoms. The number of hydrogen-bond donors (Lipinski definition) is 2. The highest BCUT2D eigenvalue weighted by atomic mass is 79.9. The summed E-state index contributed by atoms with van der Waals surface area (Å²) in [5.74, 6) is 1.31. The third-order valence-electron chi connectivity index (χ3n) is 11.0. The molecule has 0 atom stereocenters. The second kappa shape index (κ2) is 16.3. The van der Waals surface area contributed by atoms with Crippen LogP contribution >= 0.6 is 15.9 Å². The van der Waals surface area contributed by atoms with E-state index in [1.54, 1.807) is 0 Å². The quantitative estimate of drug-likeness (QED) is 0.175.